The van der Waals surface area contributed by atoms with Crippen molar-refractivity contribution in [2.45, 2.75) is 25.0 Å². The first kappa shape index (κ1) is 19.0. The van der Waals surface area contributed by atoms with Crippen molar-refractivity contribution in [1.82, 2.24) is 10.3 Å². The lowest BCUT2D eigenvalue weighted by molar-refractivity contribution is 0.0233. The molecular weight excluding hydrogens is 358 g/mol. The average Bonchev–Trinajstić information content (AvgIpc) is 2.63. The minimum atomic E-state index is -1.01. The number of nitrogens with zero attached hydrogens (tertiary/aromatic N) is 1. The van der Waals surface area contributed by atoms with Crippen molar-refractivity contribution in [2.24, 2.45) is 5.92 Å². The molecule has 1 aliphatic rings. The van der Waals surface area contributed by atoms with E-state index in [9.17, 15) is 18.7 Å². The molecule has 1 heterocycles. The Morgan fingerprint density at radius 1 is 1.22 bits per heavy atom. The van der Waals surface area contributed by atoms with Gasteiger partial charge < -0.3 is 19.9 Å². The van der Waals surface area contributed by atoms with Gasteiger partial charge in [-0.2, -0.15) is 0 Å². The van der Waals surface area contributed by atoms with Crippen molar-refractivity contribution in [3.63, 3.8) is 0 Å². The van der Waals surface area contributed by atoms with Crippen LogP contribution in [0.1, 0.15) is 34.8 Å². The second-order valence-electron chi connectivity index (χ2n) is 6.44. The molecule has 1 aliphatic carbocycles. The van der Waals surface area contributed by atoms with Crippen LogP contribution in [-0.4, -0.2) is 36.3 Å². The molecule has 0 unspecified atom stereocenters. The van der Waals surface area contributed by atoms with Crippen LogP contribution in [0.4, 0.5) is 8.78 Å². The maximum atomic E-state index is 14.2. The first-order valence-electron chi connectivity index (χ1n) is 8.44. The van der Waals surface area contributed by atoms with Gasteiger partial charge in [-0.3, -0.25) is 4.79 Å². The summed E-state index contributed by atoms with van der Waals surface area (Å²) in [7, 11) is 2.77. The summed E-state index contributed by atoms with van der Waals surface area (Å²) in [5, 5.41) is 12.3. The Balaban J connectivity index is 1.86. The van der Waals surface area contributed by atoms with Gasteiger partial charge in [-0.1, -0.05) is 6.07 Å². The average molecular weight is 378 g/mol. The van der Waals surface area contributed by atoms with Gasteiger partial charge in [0.25, 0.3) is 5.91 Å². The third-order valence-electron chi connectivity index (χ3n) is 4.71. The summed E-state index contributed by atoms with van der Waals surface area (Å²) in [5.74, 6) is -2.57. The normalized spacial score (nSPS) is 19.7. The summed E-state index contributed by atoms with van der Waals surface area (Å²) in [6.07, 6.45) is 2.04. The molecular formula is C19H20F2N2O4. The number of pyridine rings is 1. The second kappa shape index (κ2) is 7.87. The van der Waals surface area contributed by atoms with Crippen LogP contribution in [0.5, 0.6) is 11.6 Å². The molecule has 1 aromatic carbocycles. The Kier molecular flexibility index (Phi) is 5.55. The number of benzene rings is 1. The summed E-state index contributed by atoms with van der Waals surface area (Å²) in [4.78, 5) is 16.7. The van der Waals surface area contributed by atoms with E-state index in [0.717, 1.165) is 12.1 Å². The van der Waals surface area contributed by atoms with E-state index in [1.807, 2.05) is 0 Å². The third kappa shape index (κ3) is 4.00. The molecule has 8 heteroatoms. The standard InChI is InChI=1S/C19H20F2N2O4/c1-26-13-7-14(20)17(15(21)8-13)19(25)23-18(11-5-12(24)6-11)10-3-4-16(27-2)22-9-10/h3-4,7-9,11-12,18,24H,5-6H2,1-2H3,(H,23,25)/t11?,12?,18-/m0/s1. The Labute approximate surface area is 155 Å². The maximum Gasteiger partial charge on any atom is 0.257 e. The lowest BCUT2D eigenvalue weighted by atomic mass is 9.75. The third-order valence-corrected chi connectivity index (χ3v) is 4.71. The van der Waals surface area contributed by atoms with Crippen LogP contribution in [0, 0.1) is 17.6 Å². The number of hydrogen-bond acceptors (Lipinski definition) is 5. The van der Waals surface area contributed by atoms with E-state index >= 15 is 0 Å². The minimum absolute atomic E-state index is 0.0143. The molecule has 0 saturated heterocycles. The Hall–Kier alpha value is -2.74. The van der Waals surface area contributed by atoms with Gasteiger partial charge in [-0.25, -0.2) is 13.8 Å². The number of nitrogens with one attached hydrogen (secondary N) is 1. The van der Waals surface area contributed by atoms with E-state index in [1.54, 1.807) is 12.1 Å². The van der Waals surface area contributed by atoms with Gasteiger partial charge in [0.2, 0.25) is 5.88 Å². The van der Waals surface area contributed by atoms with Crippen LogP contribution < -0.4 is 14.8 Å². The molecule has 1 amide bonds. The van der Waals surface area contributed by atoms with E-state index in [-0.39, 0.29) is 11.7 Å². The van der Waals surface area contributed by atoms with Crippen LogP contribution in [0.15, 0.2) is 30.5 Å². The molecule has 0 bridgehead atoms. The summed E-state index contributed by atoms with van der Waals surface area (Å²) < 4.78 is 38.2. The zero-order valence-corrected chi connectivity index (χ0v) is 14.9. The largest absolute Gasteiger partial charge is 0.497 e. The molecule has 6 nitrogen and oxygen atoms in total. The summed E-state index contributed by atoms with van der Waals surface area (Å²) in [5.41, 5.74) is -0.0162. The highest BCUT2D eigenvalue weighted by Gasteiger charge is 2.36. The van der Waals surface area contributed by atoms with E-state index in [2.05, 4.69) is 10.3 Å². The Morgan fingerprint density at radius 3 is 2.37 bits per heavy atom. The van der Waals surface area contributed by atoms with Crippen molar-refractivity contribution in [3.8, 4) is 11.6 Å². The van der Waals surface area contributed by atoms with Crippen molar-refractivity contribution in [1.29, 1.82) is 0 Å². The van der Waals surface area contributed by atoms with Gasteiger partial charge >= 0.3 is 0 Å². The SMILES string of the molecule is COc1cc(F)c(C(=O)N[C@@H](c2ccc(OC)nc2)C2CC(O)C2)c(F)c1. The minimum Gasteiger partial charge on any atom is -0.497 e. The lowest BCUT2D eigenvalue weighted by Gasteiger charge is -2.38. The Bertz CT molecular complexity index is 800. The quantitative estimate of drug-likeness (QED) is 0.808. The van der Waals surface area contributed by atoms with Crippen LogP contribution in [-0.2, 0) is 0 Å². The maximum absolute atomic E-state index is 14.2. The van der Waals surface area contributed by atoms with Gasteiger partial charge in [-0.15, -0.1) is 0 Å². The van der Waals surface area contributed by atoms with E-state index in [1.165, 1.54) is 20.4 Å². The number of carbonyl (C=O) groups excluding carboxylic acids is 1. The highest BCUT2D eigenvalue weighted by molar-refractivity contribution is 5.95. The van der Waals surface area contributed by atoms with Gasteiger partial charge in [0.1, 0.15) is 22.9 Å². The highest BCUT2D eigenvalue weighted by atomic mass is 19.1. The van der Waals surface area contributed by atoms with Gasteiger partial charge in [0.15, 0.2) is 0 Å². The zero-order valence-electron chi connectivity index (χ0n) is 14.9. The highest BCUT2D eigenvalue weighted by Crippen LogP contribution is 2.38. The number of methoxy groups -OCH3 is 2. The summed E-state index contributed by atoms with van der Waals surface area (Å²) in [6, 6.07) is 4.73. The molecule has 2 N–H and O–H groups in total. The molecule has 0 aliphatic heterocycles. The van der Waals surface area contributed by atoms with E-state index in [4.69, 9.17) is 9.47 Å². The Morgan fingerprint density at radius 2 is 1.89 bits per heavy atom. The zero-order chi connectivity index (χ0) is 19.6. The fraction of sp³-hybridized carbons (Fsp3) is 0.368. The fourth-order valence-electron chi connectivity index (χ4n) is 3.17. The fourth-order valence-corrected chi connectivity index (χ4v) is 3.17. The van der Waals surface area contributed by atoms with Crippen LogP contribution in [0.25, 0.3) is 0 Å². The second-order valence-corrected chi connectivity index (χ2v) is 6.44. The van der Waals surface area contributed by atoms with Gasteiger partial charge in [-0.05, 0) is 24.3 Å². The first-order valence-corrected chi connectivity index (χ1v) is 8.44. The van der Waals surface area contributed by atoms with Crippen LogP contribution in [0.3, 0.4) is 0 Å². The smallest absolute Gasteiger partial charge is 0.257 e. The molecule has 0 spiro atoms. The lowest BCUT2D eigenvalue weighted by Crippen LogP contribution is -2.41. The van der Waals surface area contributed by atoms with Crippen LogP contribution in [0.2, 0.25) is 0 Å². The molecule has 1 atom stereocenters. The van der Waals surface area contributed by atoms with Crippen LogP contribution >= 0.6 is 0 Å². The molecule has 2 aromatic rings. The predicted octanol–water partition coefficient (Wildman–Crippen LogP) is 2.62. The number of ether oxygens (including phenoxy) is 2. The van der Waals surface area contributed by atoms with Crippen molar-refractivity contribution >= 4 is 5.91 Å². The molecule has 1 fully saturated rings. The number of halogens is 2. The molecule has 1 aromatic heterocycles. The van der Waals surface area contributed by atoms with E-state index < -0.39 is 35.3 Å². The number of rotatable bonds is 6. The van der Waals surface area contributed by atoms with Gasteiger partial charge in [0.05, 0.1) is 26.4 Å². The summed E-state index contributed by atoms with van der Waals surface area (Å²) in [6.45, 7) is 0. The first-order chi connectivity index (χ1) is 12.9. The van der Waals surface area contributed by atoms with Crippen molar-refractivity contribution in [3.05, 3.63) is 53.2 Å². The van der Waals surface area contributed by atoms with Gasteiger partial charge in [0, 0.05) is 24.4 Å². The molecule has 144 valence electrons. The number of aromatic nitrogens is 1. The van der Waals surface area contributed by atoms with E-state index in [0.29, 0.717) is 24.3 Å². The predicted molar refractivity (Wildman–Crippen MR) is 92.6 cm³/mol. The van der Waals surface area contributed by atoms with Crippen molar-refractivity contribution in [2.75, 3.05) is 14.2 Å². The molecule has 0 radical (unpaired) electrons. The molecule has 3 rings (SSSR count). The summed E-state index contributed by atoms with van der Waals surface area (Å²) >= 11 is 0. The number of aliphatic hydroxyl groups excluding tert-OH is 1. The number of carbonyl (C=O) groups is 1. The molecule has 27 heavy (non-hydrogen) atoms. The molecule has 1 saturated carbocycles. The number of hydrogen-bond donors (Lipinski definition) is 2. The number of aliphatic hydroxyl groups is 1. The monoisotopic (exact) mass is 378 g/mol. The van der Waals surface area contributed by atoms with Crippen molar-refractivity contribution < 1.29 is 28.2 Å². The topological polar surface area (TPSA) is 80.7 Å². The number of amides is 1.